The van der Waals surface area contributed by atoms with E-state index in [1.807, 2.05) is 20.8 Å². The molecule has 0 spiro atoms. The Kier molecular flexibility index (Phi) is 3.27. The molecule has 0 aliphatic rings. The second kappa shape index (κ2) is 3.23. The molecule has 0 heterocycles. The van der Waals surface area contributed by atoms with Gasteiger partial charge in [0, 0.05) is 5.54 Å². The van der Waals surface area contributed by atoms with E-state index in [-0.39, 0.29) is 11.8 Å². The summed E-state index contributed by atoms with van der Waals surface area (Å²) in [7, 11) is -2.20. The maximum atomic E-state index is 10.5. The highest BCUT2D eigenvalue weighted by atomic mass is 31.2. The third-order valence-corrected chi connectivity index (χ3v) is 2.33. The van der Waals surface area contributed by atoms with Crippen LogP contribution in [0.5, 0.6) is 0 Å². The molecule has 0 aromatic carbocycles. The molecule has 0 saturated heterocycles. The molecule has 0 aliphatic carbocycles. The summed E-state index contributed by atoms with van der Waals surface area (Å²) >= 11 is 0. The van der Waals surface area contributed by atoms with E-state index in [0.717, 1.165) is 0 Å². The van der Waals surface area contributed by atoms with Gasteiger partial charge in [-0.25, -0.2) is 0 Å². The Morgan fingerprint density at radius 1 is 1.36 bits per heavy atom. The monoisotopic (exact) mass is 181 g/mol. The van der Waals surface area contributed by atoms with Gasteiger partial charge in [-0.2, -0.15) is 0 Å². The zero-order valence-corrected chi connectivity index (χ0v) is 8.30. The molecule has 0 radical (unpaired) electrons. The predicted octanol–water partition coefficient (Wildman–Crippen LogP) is 0.852. The molecular weight excluding hydrogens is 165 g/mol. The van der Waals surface area contributed by atoms with Crippen molar-refractivity contribution >= 4 is 7.60 Å². The number of nitrogens with zero attached hydrogens (tertiary/aromatic N) is 1. The van der Waals surface area contributed by atoms with Gasteiger partial charge >= 0.3 is 7.60 Å². The van der Waals surface area contributed by atoms with Crippen LogP contribution in [0.3, 0.4) is 0 Å². The molecule has 0 aromatic heterocycles. The van der Waals surface area contributed by atoms with Crippen molar-refractivity contribution in [3.05, 3.63) is 0 Å². The molecule has 0 aliphatic heterocycles. The second-order valence-corrected chi connectivity index (χ2v) is 5.29. The van der Waals surface area contributed by atoms with E-state index < -0.39 is 7.60 Å². The molecule has 0 aromatic rings. The van der Waals surface area contributed by atoms with Gasteiger partial charge in [-0.05, 0) is 27.8 Å². The minimum atomic E-state index is -3.89. The van der Waals surface area contributed by atoms with Crippen molar-refractivity contribution < 1.29 is 14.4 Å². The van der Waals surface area contributed by atoms with Crippen LogP contribution < -0.4 is 0 Å². The summed E-state index contributed by atoms with van der Waals surface area (Å²) in [5, 5.41) is 0. The van der Waals surface area contributed by atoms with Crippen molar-refractivity contribution in [2.75, 3.05) is 13.3 Å². The SMILES string of the molecule is CN(CP(=O)(O)O)C(C)(C)C. The Bertz CT molecular complexity index is 169. The Morgan fingerprint density at radius 3 is 1.82 bits per heavy atom. The molecule has 2 N–H and O–H groups in total. The second-order valence-electron chi connectivity index (χ2n) is 3.67. The Hall–Kier alpha value is 0.110. The maximum Gasteiger partial charge on any atom is 0.339 e. The van der Waals surface area contributed by atoms with Crippen molar-refractivity contribution in [1.29, 1.82) is 0 Å². The Labute approximate surface area is 67.4 Å². The summed E-state index contributed by atoms with van der Waals surface area (Å²) in [6.45, 7) is 5.72. The fourth-order valence-electron chi connectivity index (χ4n) is 0.488. The zero-order valence-electron chi connectivity index (χ0n) is 7.40. The highest BCUT2D eigenvalue weighted by molar-refractivity contribution is 7.51. The van der Waals surface area contributed by atoms with Crippen LogP contribution in [0.1, 0.15) is 20.8 Å². The van der Waals surface area contributed by atoms with E-state index in [2.05, 4.69) is 0 Å². The average Bonchev–Trinajstić information content (AvgIpc) is 1.56. The van der Waals surface area contributed by atoms with Crippen LogP contribution in [0.25, 0.3) is 0 Å². The van der Waals surface area contributed by atoms with Crippen LogP contribution in [0, 0.1) is 0 Å². The molecule has 0 bridgehead atoms. The van der Waals surface area contributed by atoms with Gasteiger partial charge in [0.2, 0.25) is 0 Å². The summed E-state index contributed by atoms with van der Waals surface area (Å²) in [6, 6.07) is 0. The lowest BCUT2D eigenvalue weighted by atomic mass is 10.1. The molecule has 5 heteroatoms. The van der Waals surface area contributed by atoms with Crippen LogP contribution >= 0.6 is 7.60 Å². The van der Waals surface area contributed by atoms with Crippen LogP contribution in [-0.2, 0) is 4.57 Å². The lowest BCUT2D eigenvalue weighted by molar-refractivity contribution is 0.189. The molecule has 4 nitrogen and oxygen atoms in total. The van der Waals surface area contributed by atoms with E-state index >= 15 is 0 Å². The number of hydrogen-bond acceptors (Lipinski definition) is 2. The van der Waals surface area contributed by atoms with Crippen molar-refractivity contribution in [2.24, 2.45) is 0 Å². The van der Waals surface area contributed by atoms with Gasteiger partial charge in [0.1, 0.15) is 6.29 Å². The summed E-state index contributed by atoms with van der Waals surface area (Å²) in [6.07, 6.45) is -0.184. The van der Waals surface area contributed by atoms with Crippen LogP contribution in [0.2, 0.25) is 0 Å². The quantitative estimate of drug-likeness (QED) is 0.620. The van der Waals surface area contributed by atoms with Crippen molar-refractivity contribution in [2.45, 2.75) is 26.3 Å². The topological polar surface area (TPSA) is 60.8 Å². The molecule has 0 fully saturated rings. The number of rotatable bonds is 2. The standard InChI is InChI=1S/C6H16NO3P/c1-6(2,3)7(4)5-11(8,9)10/h5H2,1-4H3,(H2,8,9,10). The van der Waals surface area contributed by atoms with E-state index in [1.165, 1.54) is 0 Å². The highest BCUT2D eigenvalue weighted by Crippen LogP contribution is 2.36. The van der Waals surface area contributed by atoms with Gasteiger partial charge in [0.15, 0.2) is 0 Å². The van der Waals surface area contributed by atoms with Gasteiger partial charge in [-0.1, -0.05) is 0 Å². The highest BCUT2D eigenvalue weighted by Gasteiger charge is 2.24. The van der Waals surface area contributed by atoms with Gasteiger partial charge in [0.05, 0.1) is 0 Å². The molecule has 0 saturated carbocycles. The molecular formula is C6H16NO3P. The fourth-order valence-corrected chi connectivity index (χ4v) is 1.47. The first-order chi connectivity index (χ1) is 4.63. The number of hydrogen-bond donors (Lipinski definition) is 2. The maximum absolute atomic E-state index is 10.5. The van der Waals surface area contributed by atoms with Crippen molar-refractivity contribution in [1.82, 2.24) is 4.90 Å². The van der Waals surface area contributed by atoms with Crippen LogP contribution in [0.15, 0.2) is 0 Å². The zero-order chi connectivity index (χ0) is 9.28. The van der Waals surface area contributed by atoms with Crippen molar-refractivity contribution in [3.63, 3.8) is 0 Å². The van der Waals surface area contributed by atoms with Crippen molar-refractivity contribution in [3.8, 4) is 0 Å². The molecule has 68 valence electrons. The minimum absolute atomic E-state index is 0.184. The first kappa shape index (κ1) is 11.1. The summed E-state index contributed by atoms with van der Waals surface area (Å²) in [5.74, 6) is 0. The lowest BCUT2D eigenvalue weighted by Gasteiger charge is -2.31. The first-order valence-corrected chi connectivity index (χ1v) is 5.18. The summed E-state index contributed by atoms with van der Waals surface area (Å²) < 4.78 is 10.5. The molecule has 0 unspecified atom stereocenters. The third kappa shape index (κ3) is 5.39. The van der Waals surface area contributed by atoms with Gasteiger partial charge in [-0.3, -0.25) is 9.46 Å². The van der Waals surface area contributed by atoms with E-state index in [0.29, 0.717) is 0 Å². The van der Waals surface area contributed by atoms with E-state index in [1.54, 1.807) is 11.9 Å². The molecule has 11 heavy (non-hydrogen) atoms. The van der Waals surface area contributed by atoms with E-state index in [4.69, 9.17) is 9.79 Å². The van der Waals surface area contributed by atoms with E-state index in [9.17, 15) is 4.57 Å². The fraction of sp³-hybridized carbons (Fsp3) is 1.00. The normalized spacial score (nSPS) is 14.1. The van der Waals surface area contributed by atoms with Crippen LogP contribution in [-0.4, -0.2) is 33.6 Å². The molecule has 0 amide bonds. The smallest absolute Gasteiger partial charge is 0.324 e. The lowest BCUT2D eigenvalue weighted by Crippen LogP contribution is -2.38. The van der Waals surface area contributed by atoms with Gasteiger partial charge < -0.3 is 9.79 Å². The van der Waals surface area contributed by atoms with Crippen LogP contribution in [0.4, 0.5) is 0 Å². The first-order valence-electron chi connectivity index (χ1n) is 3.39. The predicted molar refractivity (Wildman–Crippen MR) is 44.4 cm³/mol. The Balaban J connectivity index is 4.10. The summed E-state index contributed by atoms with van der Waals surface area (Å²) in [4.78, 5) is 18.9. The third-order valence-electron chi connectivity index (χ3n) is 1.54. The molecule has 0 atom stereocenters. The molecule has 0 rings (SSSR count). The van der Waals surface area contributed by atoms with Gasteiger partial charge in [0.25, 0.3) is 0 Å². The summed E-state index contributed by atoms with van der Waals surface area (Å²) in [5.41, 5.74) is -0.193. The van der Waals surface area contributed by atoms with Gasteiger partial charge in [-0.15, -0.1) is 0 Å². The largest absolute Gasteiger partial charge is 0.339 e. The average molecular weight is 181 g/mol. The minimum Gasteiger partial charge on any atom is -0.324 e. The Morgan fingerprint density at radius 2 is 1.73 bits per heavy atom.